The number of sulfonamides is 1. The Labute approximate surface area is 309 Å². The molecule has 1 saturated heterocycles. The Morgan fingerprint density at radius 2 is 1.67 bits per heavy atom. The van der Waals surface area contributed by atoms with E-state index in [0.717, 1.165) is 17.4 Å². The first-order chi connectivity index (χ1) is 24.3. The molecule has 0 bridgehead atoms. The molecule has 0 aromatic heterocycles. The van der Waals surface area contributed by atoms with Crippen molar-refractivity contribution in [2.75, 3.05) is 36.6 Å². The Morgan fingerprint density at radius 3 is 2.25 bits per heavy atom. The van der Waals surface area contributed by atoms with E-state index in [1.54, 1.807) is 53.4 Å². The molecule has 1 aliphatic heterocycles. The van der Waals surface area contributed by atoms with E-state index in [1.165, 1.54) is 23.9 Å². The van der Waals surface area contributed by atoms with Crippen molar-refractivity contribution in [1.82, 2.24) is 10.0 Å². The van der Waals surface area contributed by atoms with Crippen LogP contribution in [0.25, 0.3) is 0 Å². The van der Waals surface area contributed by atoms with Crippen molar-refractivity contribution in [2.45, 2.75) is 56.3 Å². The zero-order valence-electron chi connectivity index (χ0n) is 29.9. The number of amides is 2. The SMILES string of the molecule is CC(C)(C)[Si](C)(C)O[C@@H](CS[C@H]1C(=O)N(c2ccc(C#CCNS(C)(=O)=O)cc2)[C@@H]1c1ccc(OCC(=O)NCC(=O)O)cc1)c1ccc(F)cc1. The molecule has 15 heteroatoms. The van der Waals surface area contributed by atoms with Crippen molar-refractivity contribution in [1.29, 1.82) is 0 Å². The maximum atomic E-state index is 13.9. The van der Waals surface area contributed by atoms with Crippen molar-refractivity contribution in [3.8, 4) is 17.6 Å². The molecule has 11 nitrogen and oxygen atoms in total. The third kappa shape index (κ3) is 11.1. The average Bonchev–Trinajstić information content (AvgIpc) is 3.07. The Balaban J connectivity index is 1.58. The van der Waals surface area contributed by atoms with Gasteiger partial charge in [0.15, 0.2) is 14.9 Å². The van der Waals surface area contributed by atoms with Crippen LogP contribution in [0.1, 0.15) is 49.6 Å². The predicted molar refractivity (Wildman–Crippen MR) is 203 cm³/mol. The largest absolute Gasteiger partial charge is 0.484 e. The number of carbonyl (C=O) groups excluding carboxylic acids is 2. The van der Waals surface area contributed by atoms with Gasteiger partial charge < -0.3 is 24.5 Å². The van der Waals surface area contributed by atoms with Gasteiger partial charge in [0.2, 0.25) is 15.9 Å². The lowest BCUT2D eigenvalue weighted by Gasteiger charge is -2.47. The molecule has 1 heterocycles. The van der Waals surface area contributed by atoms with Gasteiger partial charge in [-0.1, -0.05) is 56.9 Å². The number of hydrogen-bond acceptors (Lipinski definition) is 8. The molecule has 3 atom stereocenters. The Bertz CT molecular complexity index is 1910. The molecule has 3 aromatic carbocycles. The van der Waals surface area contributed by atoms with E-state index in [-0.39, 0.29) is 42.1 Å². The highest BCUT2D eigenvalue weighted by Gasteiger charge is 2.50. The molecule has 1 fully saturated rings. The minimum Gasteiger partial charge on any atom is -0.484 e. The second-order valence-corrected chi connectivity index (χ2v) is 21.6. The molecule has 3 N–H and O–H groups in total. The lowest BCUT2D eigenvalue weighted by atomic mass is 9.92. The standard InChI is InChI=1S/C37H44FN3O8S2Si/c1-37(2,3)52(5,6)49-31(26-11-15-28(38)16-12-26)24-50-35-34(27-13-19-30(20-14-27)48-23-32(42)39-22-33(43)44)41(36(35)45)29-17-9-25(10-18-29)8-7-21-40-51(4,46)47/h9-20,31,34-35,40H,21-24H2,1-6H3,(H,39,42)(H,43,44)/t31-,34+,35+/m0/s1. The number of ether oxygens (including phenoxy) is 1. The number of β-lactam (4-membered cyclic amide) rings is 1. The van der Waals surface area contributed by atoms with E-state index in [9.17, 15) is 27.2 Å². The van der Waals surface area contributed by atoms with Gasteiger partial charge in [0.25, 0.3) is 5.91 Å². The summed E-state index contributed by atoms with van der Waals surface area (Å²) in [6.07, 6.45) is 0.677. The highest BCUT2D eigenvalue weighted by Crippen LogP contribution is 2.47. The normalized spacial score (nSPS) is 16.7. The fraction of sp³-hybridized carbons (Fsp3) is 0.378. The summed E-state index contributed by atoms with van der Waals surface area (Å²) in [5.41, 5.74) is 2.94. The van der Waals surface area contributed by atoms with Crippen LogP contribution in [-0.4, -0.2) is 76.6 Å². The summed E-state index contributed by atoms with van der Waals surface area (Å²) >= 11 is 1.48. The zero-order valence-corrected chi connectivity index (χ0v) is 32.6. The highest BCUT2D eigenvalue weighted by atomic mass is 32.2. The number of carboxylic acids is 1. The molecule has 0 unspecified atom stereocenters. The first-order valence-corrected chi connectivity index (χ1v) is 22.3. The summed E-state index contributed by atoms with van der Waals surface area (Å²) in [6.45, 7) is 9.85. The average molecular weight is 770 g/mol. The van der Waals surface area contributed by atoms with Crippen LogP contribution in [0.5, 0.6) is 5.75 Å². The van der Waals surface area contributed by atoms with Crippen LogP contribution >= 0.6 is 11.8 Å². The molecular weight excluding hydrogens is 726 g/mol. The molecule has 0 radical (unpaired) electrons. The molecule has 0 aliphatic carbocycles. The van der Waals surface area contributed by atoms with Crippen LogP contribution < -0.4 is 19.7 Å². The number of halogens is 1. The summed E-state index contributed by atoms with van der Waals surface area (Å²) in [6, 6.07) is 20.0. The van der Waals surface area contributed by atoms with Crippen molar-refractivity contribution < 1.29 is 41.5 Å². The van der Waals surface area contributed by atoms with Crippen molar-refractivity contribution in [2.24, 2.45) is 0 Å². The number of aliphatic carboxylic acids is 1. The molecule has 1 aliphatic rings. The van der Waals surface area contributed by atoms with Crippen molar-refractivity contribution in [3.05, 3.63) is 95.3 Å². The van der Waals surface area contributed by atoms with Crippen molar-refractivity contribution >= 4 is 53.6 Å². The van der Waals surface area contributed by atoms with Crippen LogP contribution in [-0.2, 0) is 28.8 Å². The molecule has 0 saturated carbocycles. The number of carbonyl (C=O) groups is 3. The number of anilines is 1. The molecule has 52 heavy (non-hydrogen) atoms. The number of nitrogens with zero attached hydrogens (tertiary/aromatic N) is 1. The van der Waals surface area contributed by atoms with Gasteiger partial charge in [0, 0.05) is 17.0 Å². The van der Waals surface area contributed by atoms with Gasteiger partial charge in [0.05, 0.1) is 24.9 Å². The highest BCUT2D eigenvalue weighted by molar-refractivity contribution is 8.00. The first-order valence-electron chi connectivity index (χ1n) is 16.5. The van der Waals surface area contributed by atoms with Crippen LogP contribution in [0.15, 0.2) is 72.8 Å². The maximum Gasteiger partial charge on any atom is 0.322 e. The third-order valence-electron chi connectivity index (χ3n) is 8.79. The minimum atomic E-state index is -3.36. The molecule has 3 aromatic rings. The number of thioether (sulfide) groups is 1. The van der Waals surface area contributed by atoms with Crippen LogP contribution in [0.3, 0.4) is 0 Å². The van der Waals surface area contributed by atoms with E-state index in [2.05, 4.69) is 55.7 Å². The van der Waals surface area contributed by atoms with Crippen molar-refractivity contribution in [3.63, 3.8) is 0 Å². The van der Waals surface area contributed by atoms with Gasteiger partial charge in [-0.2, -0.15) is 0 Å². The number of nitrogens with one attached hydrogen (secondary N) is 2. The minimum absolute atomic E-state index is 0.0308. The van der Waals surface area contributed by atoms with Crippen LogP contribution in [0, 0.1) is 17.7 Å². The quantitative estimate of drug-likeness (QED) is 0.107. The Hall–Kier alpha value is -4.20. The molecule has 4 rings (SSSR count). The third-order valence-corrected chi connectivity index (χ3v) is 15.3. The van der Waals surface area contributed by atoms with E-state index >= 15 is 0 Å². The van der Waals surface area contributed by atoms with E-state index in [0.29, 0.717) is 22.8 Å². The van der Waals surface area contributed by atoms with Gasteiger partial charge in [-0.3, -0.25) is 14.4 Å². The van der Waals surface area contributed by atoms with E-state index in [1.807, 2.05) is 12.1 Å². The lowest BCUT2D eigenvalue weighted by Crippen LogP contribution is -2.58. The Kier molecular flexibility index (Phi) is 13.3. The Morgan fingerprint density at radius 1 is 1.04 bits per heavy atom. The van der Waals surface area contributed by atoms with Gasteiger partial charge in [-0.25, -0.2) is 17.5 Å². The lowest BCUT2D eigenvalue weighted by molar-refractivity contribution is -0.138. The summed E-state index contributed by atoms with van der Waals surface area (Å²) in [5, 5.41) is 10.5. The second kappa shape index (κ2) is 17.1. The van der Waals surface area contributed by atoms with Crippen LogP contribution in [0.2, 0.25) is 18.1 Å². The number of carboxylic acid groups (broad SMARTS) is 1. The fourth-order valence-corrected chi connectivity index (χ4v) is 8.09. The molecule has 0 spiro atoms. The van der Waals surface area contributed by atoms with Gasteiger partial charge in [-0.15, -0.1) is 11.8 Å². The first kappa shape index (κ1) is 40.6. The summed E-state index contributed by atoms with van der Waals surface area (Å²) in [4.78, 5) is 38.3. The monoisotopic (exact) mass is 769 g/mol. The molecule has 2 amide bonds. The fourth-order valence-electron chi connectivity index (χ4n) is 4.99. The number of rotatable bonds is 15. The zero-order chi connectivity index (χ0) is 38.3. The molecule has 278 valence electrons. The second-order valence-electron chi connectivity index (χ2n) is 13.8. The topological polar surface area (TPSA) is 151 Å². The van der Waals surface area contributed by atoms with E-state index < -0.39 is 42.0 Å². The predicted octanol–water partition coefficient (Wildman–Crippen LogP) is 5.26. The maximum absolute atomic E-state index is 13.9. The van der Waals surface area contributed by atoms with E-state index in [4.69, 9.17) is 14.3 Å². The van der Waals surface area contributed by atoms with Crippen LogP contribution in [0.4, 0.5) is 10.1 Å². The number of hydrogen-bond donors (Lipinski definition) is 3. The number of benzene rings is 3. The van der Waals surface area contributed by atoms with Gasteiger partial charge in [0.1, 0.15) is 23.4 Å². The summed E-state index contributed by atoms with van der Waals surface area (Å²) in [5.74, 6) is 4.34. The molecular formula is C37H44FN3O8S2Si. The summed E-state index contributed by atoms with van der Waals surface area (Å²) < 4.78 is 51.3. The summed E-state index contributed by atoms with van der Waals surface area (Å²) in [7, 11) is -5.63. The van der Waals surface area contributed by atoms with Gasteiger partial charge >= 0.3 is 5.97 Å². The smallest absolute Gasteiger partial charge is 0.322 e. The van der Waals surface area contributed by atoms with Gasteiger partial charge in [-0.05, 0) is 77.8 Å².